The highest BCUT2D eigenvalue weighted by molar-refractivity contribution is 5.89. The van der Waals surface area contributed by atoms with E-state index in [0.29, 0.717) is 24.2 Å². The summed E-state index contributed by atoms with van der Waals surface area (Å²) in [6, 6.07) is 7.37. The Morgan fingerprint density at radius 2 is 1.84 bits per heavy atom. The van der Waals surface area contributed by atoms with Crippen LogP contribution in [0.4, 0.5) is 19.0 Å². The number of nitrogens with one attached hydrogen (secondary N) is 2. The van der Waals surface area contributed by atoms with Gasteiger partial charge in [0.25, 0.3) is 0 Å². The molecule has 8 heteroatoms. The SMILES string of the molecule is N#Cc1ccc2ncnc(NC3CCC(NCC(F)(F)F)CC3)c2c1. The molecule has 5 nitrogen and oxygen atoms in total. The molecule has 132 valence electrons. The lowest BCUT2D eigenvalue weighted by atomic mass is 9.91. The van der Waals surface area contributed by atoms with E-state index in [0.717, 1.165) is 23.7 Å². The van der Waals surface area contributed by atoms with Crippen LogP contribution in [0, 0.1) is 11.3 Å². The standard InChI is InChI=1S/C17H18F3N5/c18-17(19,20)9-22-12-2-4-13(5-3-12)25-16-14-7-11(8-21)1-6-15(14)23-10-24-16/h1,6-7,10,12-13,22H,2-5,9H2,(H,23,24,25). The molecule has 0 aliphatic heterocycles. The number of hydrogen-bond acceptors (Lipinski definition) is 5. The van der Waals surface area contributed by atoms with Crippen LogP contribution >= 0.6 is 0 Å². The lowest BCUT2D eigenvalue weighted by molar-refractivity contribution is -0.126. The number of benzene rings is 1. The second kappa shape index (κ2) is 7.23. The Labute approximate surface area is 143 Å². The van der Waals surface area contributed by atoms with Crippen LogP contribution in [0.3, 0.4) is 0 Å². The van der Waals surface area contributed by atoms with Crippen LogP contribution < -0.4 is 10.6 Å². The Bertz CT molecular complexity index is 776. The predicted molar refractivity (Wildman–Crippen MR) is 88.0 cm³/mol. The van der Waals surface area contributed by atoms with Crippen molar-refractivity contribution in [2.24, 2.45) is 0 Å². The maximum Gasteiger partial charge on any atom is 0.401 e. The molecule has 3 rings (SSSR count). The number of anilines is 1. The monoisotopic (exact) mass is 349 g/mol. The van der Waals surface area contributed by atoms with Crippen molar-refractivity contribution in [1.82, 2.24) is 15.3 Å². The molecular formula is C17H18F3N5. The van der Waals surface area contributed by atoms with Gasteiger partial charge in [0.05, 0.1) is 23.7 Å². The lowest BCUT2D eigenvalue weighted by Crippen LogP contribution is -2.41. The van der Waals surface area contributed by atoms with Crippen LogP contribution in [0.15, 0.2) is 24.5 Å². The van der Waals surface area contributed by atoms with Crippen molar-refractivity contribution < 1.29 is 13.2 Å². The van der Waals surface area contributed by atoms with Crippen LogP contribution in [0.25, 0.3) is 10.9 Å². The molecule has 1 saturated carbocycles. The van der Waals surface area contributed by atoms with Crippen LogP contribution in [0.1, 0.15) is 31.2 Å². The predicted octanol–water partition coefficient (Wildman–Crippen LogP) is 3.38. The van der Waals surface area contributed by atoms with Gasteiger partial charge < -0.3 is 10.6 Å². The van der Waals surface area contributed by atoms with E-state index in [1.807, 2.05) is 0 Å². The smallest absolute Gasteiger partial charge is 0.367 e. The van der Waals surface area contributed by atoms with Crippen LogP contribution in [0.2, 0.25) is 0 Å². The minimum atomic E-state index is -4.17. The zero-order valence-electron chi connectivity index (χ0n) is 13.5. The van der Waals surface area contributed by atoms with Gasteiger partial charge in [0, 0.05) is 17.5 Å². The lowest BCUT2D eigenvalue weighted by Gasteiger charge is -2.30. The first-order chi connectivity index (χ1) is 11.9. The number of hydrogen-bond donors (Lipinski definition) is 2. The summed E-state index contributed by atoms with van der Waals surface area (Å²) in [5.41, 5.74) is 1.28. The van der Waals surface area contributed by atoms with Crippen molar-refractivity contribution in [3.8, 4) is 6.07 Å². The molecule has 25 heavy (non-hydrogen) atoms. The van der Waals surface area contributed by atoms with Crippen LogP contribution in [-0.2, 0) is 0 Å². The van der Waals surface area contributed by atoms with Crippen molar-refractivity contribution in [1.29, 1.82) is 5.26 Å². The van der Waals surface area contributed by atoms with E-state index in [1.54, 1.807) is 18.2 Å². The molecule has 1 aromatic heterocycles. The van der Waals surface area contributed by atoms with Gasteiger partial charge in [0.15, 0.2) is 0 Å². The first-order valence-electron chi connectivity index (χ1n) is 8.16. The minimum absolute atomic E-state index is 0.105. The third-order valence-electron chi connectivity index (χ3n) is 4.42. The Morgan fingerprint density at radius 1 is 1.12 bits per heavy atom. The van der Waals surface area contributed by atoms with Crippen molar-refractivity contribution in [2.75, 3.05) is 11.9 Å². The summed E-state index contributed by atoms with van der Waals surface area (Å²) in [6.07, 6.45) is 0.180. The zero-order valence-corrected chi connectivity index (χ0v) is 13.5. The molecule has 2 aromatic rings. The molecule has 0 atom stereocenters. The Balaban J connectivity index is 1.63. The third-order valence-corrected chi connectivity index (χ3v) is 4.42. The highest BCUT2D eigenvalue weighted by Gasteiger charge is 2.29. The average Bonchev–Trinajstić information content (AvgIpc) is 2.60. The summed E-state index contributed by atoms with van der Waals surface area (Å²) in [5, 5.41) is 15.8. The molecule has 1 aliphatic carbocycles. The van der Waals surface area contributed by atoms with Crippen molar-refractivity contribution in [3.05, 3.63) is 30.1 Å². The first-order valence-corrected chi connectivity index (χ1v) is 8.16. The molecule has 1 aliphatic rings. The van der Waals surface area contributed by atoms with Gasteiger partial charge in [-0.15, -0.1) is 0 Å². The Morgan fingerprint density at radius 3 is 2.52 bits per heavy atom. The maximum atomic E-state index is 12.3. The van der Waals surface area contributed by atoms with E-state index in [-0.39, 0.29) is 12.1 Å². The average molecular weight is 349 g/mol. The summed E-state index contributed by atoms with van der Waals surface area (Å²) >= 11 is 0. The second-order valence-electron chi connectivity index (χ2n) is 6.25. The van der Waals surface area contributed by atoms with E-state index in [2.05, 4.69) is 26.7 Å². The van der Waals surface area contributed by atoms with Gasteiger partial charge >= 0.3 is 6.18 Å². The van der Waals surface area contributed by atoms with E-state index in [9.17, 15) is 13.2 Å². The Hall–Kier alpha value is -2.40. The topological polar surface area (TPSA) is 73.6 Å². The van der Waals surface area contributed by atoms with Crippen molar-refractivity contribution >= 4 is 16.7 Å². The van der Waals surface area contributed by atoms with Gasteiger partial charge in [-0.2, -0.15) is 18.4 Å². The fraction of sp³-hybridized carbons (Fsp3) is 0.471. The number of fused-ring (bicyclic) bond motifs is 1. The largest absolute Gasteiger partial charge is 0.401 e. The van der Waals surface area contributed by atoms with Gasteiger partial charge in [-0.25, -0.2) is 9.97 Å². The van der Waals surface area contributed by atoms with Crippen LogP contribution in [0.5, 0.6) is 0 Å². The molecule has 0 spiro atoms. The zero-order chi connectivity index (χ0) is 17.9. The number of aromatic nitrogens is 2. The maximum absolute atomic E-state index is 12.3. The molecule has 0 bridgehead atoms. The van der Waals surface area contributed by atoms with E-state index < -0.39 is 12.7 Å². The summed E-state index contributed by atoms with van der Waals surface area (Å²) in [4.78, 5) is 8.46. The highest BCUT2D eigenvalue weighted by Crippen LogP contribution is 2.26. The van der Waals surface area contributed by atoms with Crippen LogP contribution in [-0.4, -0.2) is 34.8 Å². The number of nitriles is 1. The van der Waals surface area contributed by atoms with Gasteiger partial charge in [0.1, 0.15) is 12.1 Å². The van der Waals surface area contributed by atoms with Gasteiger partial charge in [-0.1, -0.05) is 0 Å². The fourth-order valence-corrected chi connectivity index (χ4v) is 3.14. The van der Waals surface area contributed by atoms with Crippen molar-refractivity contribution in [3.63, 3.8) is 0 Å². The minimum Gasteiger partial charge on any atom is -0.367 e. The number of rotatable bonds is 4. The number of nitrogens with zero attached hydrogens (tertiary/aromatic N) is 3. The number of alkyl halides is 3. The summed E-state index contributed by atoms with van der Waals surface area (Å²) in [7, 11) is 0. The summed E-state index contributed by atoms with van der Waals surface area (Å²) in [5.74, 6) is 0.661. The van der Waals surface area contributed by atoms with E-state index >= 15 is 0 Å². The fourth-order valence-electron chi connectivity index (χ4n) is 3.14. The molecule has 0 unspecified atom stereocenters. The molecule has 0 amide bonds. The molecular weight excluding hydrogens is 331 g/mol. The van der Waals surface area contributed by atoms with Gasteiger partial charge in [0.2, 0.25) is 0 Å². The second-order valence-corrected chi connectivity index (χ2v) is 6.25. The molecule has 1 aromatic carbocycles. The first kappa shape index (κ1) is 17.4. The Kier molecular flexibility index (Phi) is 5.04. The molecule has 1 heterocycles. The molecule has 0 radical (unpaired) electrons. The number of halogens is 3. The van der Waals surface area contributed by atoms with Crippen molar-refractivity contribution in [2.45, 2.75) is 43.9 Å². The quantitative estimate of drug-likeness (QED) is 0.885. The highest BCUT2D eigenvalue weighted by atomic mass is 19.4. The van der Waals surface area contributed by atoms with Gasteiger partial charge in [-0.05, 0) is 43.9 Å². The van der Waals surface area contributed by atoms with E-state index in [1.165, 1.54) is 6.33 Å². The van der Waals surface area contributed by atoms with E-state index in [4.69, 9.17) is 5.26 Å². The van der Waals surface area contributed by atoms with Gasteiger partial charge in [-0.3, -0.25) is 0 Å². The molecule has 0 saturated heterocycles. The third kappa shape index (κ3) is 4.57. The normalized spacial score (nSPS) is 21.0. The summed E-state index contributed by atoms with van der Waals surface area (Å²) in [6.45, 7) is -0.941. The molecule has 2 N–H and O–H groups in total. The molecule has 1 fully saturated rings. The summed E-state index contributed by atoms with van der Waals surface area (Å²) < 4.78 is 36.8.